The molecule has 0 radical (unpaired) electrons. The third kappa shape index (κ3) is 7.44. The van der Waals surface area contributed by atoms with Crippen molar-refractivity contribution in [2.45, 2.75) is 32.4 Å². The fourth-order valence-corrected chi connectivity index (χ4v) is 1.02. The smallest absolute Gasteiger partial charge is 0.328 e. The van der Waals surface area contributed by atoms with Crippen LogP contribution in [0.2, 0.25) is 0 Å². The van der Waals surface area contributed by atoms with Gasteiger partial charge in [0.1, 0.15) is 0 Å². The fraction of sp³-hybridized carbons (Fsp3) is 0.700. The number of aliphatic carboxylic acids is 1. The predicted molar refractivity (Wildman–Crippen MR) is 62.9 cm³/mol. The van der Waals surface area contributed by atoms with Crippen LogP contribution in [0.1, 0.15) is 20.8 Å². The molecule has 0 aromatic carbocycles. The first-order valence-corrected chi connectivity index (χ1v) is 5.34. The van der Waals surface area contributed by atoms with Crippen molar-refractivity contribution in [1.29, 1.82) is 0 Å². The lowest BCUT2D eigenvalue weighted by atomic mass is 10.1. The normalized spacial score (nSPS) is 12.4. The fourth-order valence-electron chi connectivity index (χ4n) is 1.02. The lowest BCUT2D eigenvalue weighted by Gasteiger charge is -2.20. The molecule has 0 spiro atoms. The third-order valence-electron chi connectivity index (χ3n) is 1.71. The Labute approximate surface area is 105 Å². The largest absolute Gasteiger partial charge is 0.480 e. The number of carbonyl (C=O) groups is 3. The van der Waals surface area contributed by atoms with Gasteiger partial charge in [0, 0.05) is 5.54 Å². The van der Waals surface area contributed by atoms with Gasteiger partial charge in [-0.25, -0.2) is 9.59 Å². The summed E-state index contributed by atoms with van der Waals surface area (Å²) in [4.78, 5) is 33.1. The number of rotatable bonds is 5. The number of carbonyl (C=O) groups excluding carboxylic acids is 2. The van der Waals surface area contributed by atoms with E-state index in [1.807, 2.05) is 5.32 Å². The summed E-state index contributed by atoms with van der Waals surface area (Å²) in [6.07, 6.45) is 0. The molecule has 8 nitrogen and oxygen atoms in total. The van der Waals surface area contributed by atoms with Crippen molar-refractivity contribution in [1.82, 2.24) is 16.0 Å². The van der Waals surface area contributed by atoms with Crippen LogP contribution in [-0.4, -0.2) is 52.9 Å². The summed E-state index contributed by atoms with van der Waals surface area (Å²) in [6, 6.07) is -2.23. The molecule has 8 heteroatoms. The molecular formula is C10H19N3O5. The van der Waals surface area contributed by atoms with Crippen molar-refractivity contribution < 1.29 is 24.6 Å². The van der Waals surface area contributed by atoms with E-state index in [1.165, 1.54) is 0 Å². The highest BCUT2D eigenvalue weighted by atomic mass is 16.4. The van der Waals surface area contributed by atoms with Crippen LogP contribution in [0.15, 0.2) is 0 Å². The first kappa shape index (κ1) is 16.2. The van der Waals surface area contributed by atoms with E-state index in [1.54, 1.807) is 20.8 Å². The van der Waals surface area contributed by atoms with E-state index in [4.69, 9.17) is 10.2 Å². The predicted octanol–water partition coefficient (Wildman–Crippen LogP) is -1.35. The maximum absolute atomic E-state index is 11.3. The number of hydrogen-bond acceptors (Lipinski definition) is 4. The van der Waals surface area contributed by atoms with Crippen molar-refractivity contribution in [2.24, 2.45) is 0 Å². The van der Waals surface area contributed by atoms with Crippen LogP contribution in [0.3, 0.4) is 0 Å². The summed E-state index contributed by atoms with van der Waals surface area (Å²) in [5.74, 6) is -1.75. The Bertz CT molecular complexity index is 324. The van der Waals surface area contributed by atoms with Crippen LogP contribution in [0.25, 0.3) is 0 Å². The number of aliphatic hydroxyl groups excluding tert-OH is 1. The summed E-state index contributed by atoms with van der Waals surface area (Å²) in [6.45, 7) is 4.36. The summed E-state index contributed by atoms with van der Waals surface area (Å²) in [5.41, 5.74) is -0.413. The Morgan fingerprint density at radius 2 is 1.78 bits per heavy atom. The van der Waals surface area contributed by atoms with E-state index in [-0.39, 0.29) is 6.54 Å². The zero-order valence-electron chi connectivity index (χ0n) is 10.6. The number of aliphatic hydroxyl groups is 1. The van der Waals surface area contributed by atoms with Gasteiger partial charge in [-0.15, -0.1) is 0 Å². The van der Waals surface area contributed by atoms with E-state index in [0.29, 0.717) is 0 Å². The van der Waals surface area contributed by atoms with Gasteiger partial charge in [0.15, 0.2) is 6.04 Å². The molecular weight excluding hydrogens is 242 g/mol. The van der Waals surface area contributed by atoms with Crippen LogP contribution in [0.5, 0.6) is 0 Å². The molecule has 0 aliphatic rings. The minimum atomic E-state index is -1.39. The second kappa shape index (κ2) is 6.80. The first-order chi connectivity index (χ1) is 8.15. The van der Waals surface area contributed by atoms with E-state index in [2.05, 4.69) is 10.6 Å². The Morgan fingerprint density at radius 1 is 1.22 bits per heavy atom. The van der Waals surface area contributed by atoms with E-state index < -0.39 is 36.1 Å². The second-order valence-electron chi connectivity index (χ2n) is 4.70. The summed E-state index contributed by atoms with van der Waals surface area (Å²) in [5, 5.41) is 24.1. The number of carboxylic acid groups (broad SMARTS) is 1. The SMILES string of the molecule is CC(C)(C)NC(=O)CNC(=O)N[C@H](CO)C(=O)O. The quantitative estimate of drug-likeness (QED) is 0.418. The van der Waals surface area contributed by atoms with Crippen LogP contribution in [0, 0.1) is 0 Å². The topological polar surface area (TPSA) is 128 Å². The molecule has 0 saturated carbocycles. The van der Waals surface area contributed by atoms with Gasteiger partial charge >= 0.3 is 12.0 Å². The molecule has 0 heterocycles. The number of carboxylic acids is 1. The summed E-state index contributed by atoms with van der Waals surface area (Å²) in [7, 11) is 0. The number of hydrogen-bond donors (Lipinski definition) is 5. The summed E-state index contributed by atoms with van der Waals surface area (Å²) >= 11 is 0. The molecule has 0 aromatic rings. The first-order valence-electron chi connectivity index (χ1n) is 5.34. The molecule has 0 bridgehead atoms. The van der Waals surface area contributed by atoms with Crippen molar-refractivity contribution >= 4 is 17.9 Å². The maximum Gasteiger partial charge on any atom is 0.328 e. The van der Waals surface area contributed by atoms with Gasteiger partial charge in [0.05, 0.1) is 13.2 Å². The van der Waals surface area contributed by atoms with Gasteiger partial charge in [-0.2, -0.15) is 0 Å². The maximum atomic E-state index is 11.3. The zero-order chi connectivity index (χ0) is 14.3. The van der Waals surface area contributed by atoms with Gasteiger partial charge in [-0.3, -0.25) is 4.79 Å². The minimum Gasteiger partial charge on any atom is -0.480 e. The molecule has 1 atom stereocenters. The van der Waals surface area contributed by atoms with Gasteiger partial charge in [-0.05, 0) is 20.8 Å². The van der Waals surface area contributed by atoms with E-state index >= 15 is 0 Å². The third-order valence-corrected chi connectivity index (χ3v) is 1.71. The van der Waals surface area contributed by atoms with Crippen LogP contribution in [-0.2, 0) is 9.59 Å². The highest BCUT2D eigenvalue weighted by molar-refractivity contribution is 5.86. The average Bonchev–Trinajstić information content (AvgIpc) is 2.20. The van der Waals surface area contributed by atoms with Crippen molar-refractivity contribution in [3.8, 4) is 0 Å². The van der Waals surface area contributed by atoms with Gasteiger partial charge in [-0.1, -0.05) is 0 Å². The molecule has 0 rings (SSSR count). The lowest BCUT2D eigenvalue weighted by molar-refractivity contribution is -0.140. The molecule has 18 heavy (non-hydrogen) atoms. The molecule has 0 fully saturated rings. The van der Waals surface area contributed by atoms with E-state index in [0.717, 1.165) is 0 Å². The molecule has 0 aliphatic carbocycles. The van der Waals surface area contributed by atoms with E-state index in [9.17, 15) is 14.4 Å². The van der Waals surface area contributed by atoms with Crippen molar-refractivity contribution in [3.05, 3.63) is 0 Å². The number of urea groups is 1. The Hall–Kier alpha value is -1.83. The number of nitrogens with one attached hydrogen (secondary N) is 3. The van der Waals surface area contributed by atoms with Crippen LogP contribution < -0.4 is 16.0 Å². The van der Waals surface area contributed by atoms with Gasteiger partial charge in [0.2, 0.25) is 5.91 Å². The highest BCUT2D eigenvalue weighted by Gasteiger charge is 2.19. The summed E-state index contributed by atoms with van der Waals surface area (Å²) < 4.78 is 0. The van der Waals surface area contributed by atoms with Crippen LogP contribution >= 0.6 is 0 Å². The second-order valence-corrected chi connectivity index (χ2v) is 4.70. The zero-order valence-corrected chi connectivity index (χ0v) is 10.6. The molecule has 0 saturated heterocycles. The lowest BCUT2D eigenvalue weighted by Crippen LogP contribution is -2.51. The van der Waals surface area contributed by atoms with Crippen molar-refractivity contribution in [3.63, 3.8) is 0 Å². The monoisotopic (exact) mass is 261 g/mol. The van der Waals surface area contributed by atoms with Gasteiger partial charge in [0.25, 0.3) is 0 Å². The molecule has 0 aliphatic heterocycles. The Morgan fingerprint density at radius 3 is 2.17 bits per heavy atom. The molecule has 3 amide bonds. The molecule has 0 unspecified atom stereocenters. The number of amides is 3. The average molecular weight is 261 g/mol. The van der Waals surface area contributed by atoms with Crippen LogP contribution in [0.4, 0.5) is 4.79 Å². The minimum absolute atomic E-state index is 0.277. The Balaban J connectivity index is 4.04. The molecule has 5 N–H and O–H groups in total. The molecule has 104 valence electrons. The standard InChI is InChI=1S/C10H19N3O5/c1-10(2,3)13-7(15)4-11-9(18)12-6(5-14)8(16)17/h6,14H,4-5H2,1-3H3,(H,13,15)(H,16,17)(H2,11,12,18)/t6-/m1/s1. The Kier molecular flexibility index (Phi) is 6.11. The molecule has 0 aromatic heterocycles. The highest BCUT2D eigenvalue weighted by Crippen LogP contribution is 1.97. The van der Waals surface area contributed by atoms with Gasteiger partial charge < -0.3 is 26.2 Å². The van der Waals surface area contributed by atoms with Crippen molar-refractivity contribution in [2.75, 3.05) is 13.2 Å².